The van der Waals surface area contributed by atoms with Crippen LogP contribution in [0.5, 0.6) is 0 Å². The van der Waals surface area contributed by atoms with Crippen LogP contribution in [-0.2, 0) is 31.4 Å². The molecular formula is C19H18F9NO4. The van der Waals surface area contributed by atoms with Crippen LogP contribution in [0.2, 0.25) is 0 Å². The van der Waals surface area contributed by atoms with Gasteiger partial charge in [0.15, 0.2) is 0 Å². The number of benzene rings is 1. The van der Waals surface area contributed by atoms with Crippen LogP contribution in [0, 0.1) is 5.92 Å². The summed E-state index contributed by atoms with van der Waals surface area (Å²) < 4.78 is 126. The molecule has 0 heterocycles. The van der Waals surface area contributed by atoms with Gasteiger partial charge in [-0.15, -0.1) is 0 Å². The van der Waals surface area contributed by atoms with Crippen LogP contribution in [0.3, 0.4) is 0 Å². The smallest absolute Gasteiger partial charge is 0.416 e. The second kappa shape index (κ2) is 10.9. The number of aliphatic imine (C=N–C) groups is 1. The average molecular weight is 495 g/mol. The molecule has 1 rings (SSSR count). The highest BCUT2D eigenvalue weighted by Crippen LogP contribution is 2.36. The van der Waals surface area contributed by atoms with Gasteiger partial charge in [-0.1, -0.05) is 0 Å². The van der Waals surface area contributed by atoms with Gasteiger partial charge >= 0.3 is 30.5 Å². The molecule has 0 spiro atoms. The SMILES string of the molecule is COC(=O)CCC(C(=O)OC)C(CC(F)(F)F)N=Cc1cc(C(F)(F)F)cc(C(F)(F)F)c1. The number of rotatable bonds is 8. The maximum Gasteiger partial charge on any atom is 0.416 e. The van der Waals surface area contributed by atoms with E-state index < -0.39 is 78.4 Å². The lowest BCUT2D eigenvalue weighted by Crippen LogP contribution is -2.33. The Morgan fingerprint density at radius 1 is 0.909 bits per heavy atom. The van der Waals surface area contributed by atoms with Crippen LogP contribution in [-0.4, -0.2) is 44.6 Å². The molecule has 1 aromatic rings. The molecule has 33 heavy (non-hydrogen) atoms. The Balaban J connectivity index is 3.46. The Morgan fingerprint density at radius 2 is 1.42 bits per heavy atom. The fourth-order valence-corrected chi connectivity index (χ4v) is 2.77. The van der Waals surface area contributed by atoms with Crippen LogP contribution >= 0.6 is 0 Å². The number of ether oxygens (including phenoxy) is 2. The number of hydrogen-bond acceptors (Lipinski definition) is 5. The van der Waals surface area contributed by atoms with Crippen molar-refractivity contribution in [3.8, 4) is 0 Å². The Morgan fingerprint density at radius 3 is 1.82 bits per heavy atom. The number of nitrogens with zero attached hydrogens (tertiary/aromatic N) is 1. The maximum absolute atomic E-state index is 13.0. The van der Waals surface area contributed by atoms with Crippen molar-refractivity contribution in [3.63, 3.8) is 0 Å². The highest BCUT2D eigenvalue weighted by atomic mass is 19.4. The fourth-order valence-electron chi connectivity index (χ4n) is 2.77. The van der Waals surface area contributed by atoms with E-state index in [1.54, 1.807) is 0 Å². The molecule has 186 valence electrons. The molecule has 0 aliphatic carbocycles. The van der Waals surface area contributed by atoms with E-state index in [9.17, 15) is 49.1 Å². The molecule has 2 atom stereocenters. The van der Waals surface area contributed by atoms with E-state index in [0.717, 1.165) is 14.2 Å². The molecule has 0 N–H and O–H groups in total. The molecule has 0 aliphatic heterocycles. The van der Waals surface area contributed by atoms with Crippen molar-refractivity contribution in [2.45, 2.75) is 43.8 Å². The van der Waals surface area contributed by atoms with Gasteiger partial charge in [0.05, 0.1) is 43.7 Å². The molecule has 0 radical (unpaired) electrons. The van der Waals surface area contributed by atoms with E-state index in [4.69, 9.17) is 0 Å². The van der Waals surface area contributed by atoms with Crippen molar-refractivity contribution in [1.29, 1.82) is 0 Å². The lowest BCUT2D eigenvalue weighted by Gasteiger charge is -2.23. The summed E-state index contributed by atoms with van der Waals surface area (Å²) in [6.07, 6.45) is -17.7. The number of carbonyl (C=O) groups is 2. The van der Waals surface area contributed by atoms with Gasteiger partial charge in [0, 0.05) is 12.6 Å². The van der Waals surface area contributed by atoms with Crippen molar-refractivity contribution in [2.75, 3.05) is 14.2 Å². The number of methoxy groups -OCH3 is 2. The van der Waals surface area contributed by atoms with Gasteiger partial charge in [-0.2, -0.15) is 39.5 Å². The molecule has 0 saturated carbocycles. The minimum atomic E-state index is -5.18. The molecule has 0 aliphatic rings. The van der Waals surface area contributed by atoms with E-state index >= 15 is 0 Å². The molecule has 1 aromatic carbocycles. The predicted octanol–water partition coefficient (Wildman–Crippen LogP) is 5.21. The van der Waals surface area contributed by atoms with E-state index in [1.807, 2.05) is 0 Å². The third-order valence-electron chi connectivity index (χ3n) is 4.32. The lowest BCUT2D eigenvalue weighted by molar-refractivity contribution is -0.154. The number of alkyl halides is 9. The number of esters is 2. The predicted molar refractivity (Wildman–Crippen MR) is 95.3 cm³/mol. The van der Waals surface area contributed by atoms with E-state index in [-0.39, 0.29) is 18.2 Å². The summed E-state index contributed by atoms with van der Waals surface area (Å²) in [5, 5.41) is 0. The number of carbonyl (C=O) groups excluding carboxylic acids is 2. The molecule has 0 bridgehead atoms. The monoisotopic (exact) mass is 495 g/mol. The van der Waals surface area contributed by atoms with Crippen molar-refractivity contribution < 1.29 is 58.6 Å². The summed E-state index contributed by atoms with van der Waals surface area (Å²) in [6.45, 7) is 0. The van der Waals surface area contributed by atoms with Gasteiger partial charge in [0.25, 0.3) is 0 Å². The molecule has 0 fully saturated rings. The molecular weight excluding hydrogens is 477 g/mol. The first-order valence-corrected chi connectivity index (χ1v) is 9.02. The summed E-state index contributed by atoms with van der Waals surface area (Å²) in [5.41, 5.74) is -4.18. The van der Waals surface area contributed by atoms with Gasteiger partial charge in [0.1, 0.15) is 0 Å². The Kier molecular flexibility index (Phi) is 9.31. The van der Waals surface area contributed by atoms with Gasteiger partial charge in [0.2, 0.25) is 0 Å². The van der Waals surface area contributed by atoms with Crippen molar-refractivity contribution in [1.82, 2.24) is 0 Å². The molecule has 0 amide bonds. The summed E-state index contributed by atoms with van der Waals surface area (Å²) in [5.74, 6) is -3.75. The number of halogens is 9. The van der Waals surface area contributed by atoms with Crippen LogP contribution in [0.15, 0.2) is 23.2 Å². The quantitative estimate of drug-likeness (QED) is 0.282. The van der Waals surface area contributed by atoms with E-state index in [0.29, 0.717) is 6.21 Å². The summed E-state index contributed by atoms with van der Waals surface area (Å²) in [7, 11) is 1.84. The van der Waals surface area contributed by atoms with Crippen molar-refractivity contribution in [2.24, 2.45) is 10.9 Å². The van der Waals surface area contributed by atoms with Gasteiger partial charge < -0.3 is 9.47 Å². The first-order valence-electron chi connectivity index (χ1n) is 9.02. The molecule has 0 aromatic heterocycles. The standard InChI is InChI=1S/C19H18F9NO4/c1-32-15(30)4-3-13(16(31)33-2)14(8-17(20,21)22)29-9-10-5-11(18(23,24)25)7-12(6-10)19(26,27)28/h5-7,9,13-14H,3-4,8H2,1-2H3. The minimum absolute atomic E-state index is 0.155. The second-order valence-electron chi connectivity index (χ2n) is 6.75. The van der Waals surface area contributed by atoms with Crippen LogP contribution in [0.1, 0.15) is 36.0 Å². The fraction of sp³-hybridized carbons (Fsp3) is 0.526. The van der Waals surface area contributed by atoms with Crippen molar-refractivity contribution in [3.05, 3.63) is 34.9 Å². The van der Waals surface area contributed by atoms with E-state index in [1.165, 1.54) is 0 Å². The molecule has 0 saturated heterocycles. The molecule has 14 heteroatoms. The molecule has 2 unspecified atom stereocenters. The van der Waals surface area contributed by atoms with Gasteiger partial charge in [-0.25, -0.2) is 0 Å². The second-order valence-corrected chi connectivity index (χ2v) is 6.75. The largest absolute Gasteiger partial charge is 0.469 e. The van der Waals surface area contributed by atoms with Crippen LogP contribution < -0.4 is 0 Å². The Labute approximate surface area is 181 Å². The van der Waals surface area contributed by atoms with Gasteiger partial charge in [-0.05, 0) is 30.2 Å². The summed E-state index contributed by atoms with van der Waals surface area (Å²) in [4.78, 5) is 26.8. The van der Waals surface area contributed by atoms with Crippen molar-refractivity contribution >= 4 is 18.2 Å². The van der Waals surface area contributed by atoms with Crippen LogP contribution in [0.4, 0.5) is 39.5 Å². The van der Waals surface area contributed by atoms with Crippen LogP contribution in [0.25, 0.3) is 0 Å². The van der Waals surface area contributed by atoms with E-state index in [2.05, 4.69) is 14.5 Å². The zero-order chi connectivity index (χ0) is 25.6. The van der Waals surface area contributed by atoms with Gasteiger partial charge in [-0.3, -0.25) is 14.6 Å². The third kappa shape index (κ3) is 9.30. The zero-order valence-electron chi connectivity index (χ0n) is 17.1. The third-order valence-corrected chi connectivity index (χ3v) is 4.32. The highest BCUT2D eigenvalue weighted by Gasteiger charge is 2.40. The summed E-state index contributed by atoms with van der Waals surface area (Å²) >= 11 is 0. The zero-order valence-corrected chi connectivity index (χ0v) is 17.1. The average Bonchev–Trinajstić information content (AvgIpc) is 2.68. The topological polar surface area (TPSA) is 65.0 Å². The number of hydrogen-bond donors (Lipinski definition) is 0. The minimum Gasteiger partial charge on any atom is -0.469 e. The maximum atomic E-state index is 13.0. The Bertz CT molecular complexity index is 828. The first-order chi connectivity index (χ1) is 15.0. The lowest BCUT2D eigenvalue weighted by atomic mass is 9.92. The first kappa shape index (κ1) is 28.2. The summed E-state index contributed by atoms with van der Waals surface area (Å²) in [6, 6.07) is -1.61. The normalized spacial score (nSPS) is 14.8. The Hall–Kier alpha value is -2.80. The highest BCUT2D eigenvalue weighted by molar-refractivity contribution is 5.81. The molecule has 5 nitrogen and oxygen atoms in total.